The number of carbonyl (C=O) groups is 2. The van der Waals surface area contributed by atoms with Crippen LogP contribution in [0, 0.1) is 5.92 Å². The van der Waals surface area contributed by atoms with Gasteiger partial charge >= 0.3 is 0 Å². The summed E-state index contributed by atoms with van der Waals surface area (Å²) in [6.07, 6.45) is 7.41. The van der Waals surface area contributed by atoms with Crippen molar-refractivity contribution in [1.29, 1.82) is 0 Å². The number of hydrogen-bond donors (Lipinski definition) is 2. The zero-order valence-electron chi connectivity index (χ0n) is 15.6. The maximum Gasteiger partial charge on any atom is 0.251 e. The van der Waals surface area contributed by atoms with Gasteiger partial charge in [0.25, 0.3) is 5.91 Å². The van der Waals surface area contributed by atoms with Crippen molar-refractivity contribution in [2.45, 2.75) is 19.3 Å². The van der Waals surface area contributed by atoms with Crippen molar-refractivity contribution in [1.82, 2.24) is 20.6 Å². The van der Waals surface area contributed by atoms with Crippen LogP contribution in [0.3, 0.4) is 0 Å². The molecular formula is C20H24BrN5O2. The van der Waals surface area contributed by atoms with Crippen molar-refractivity contribution in [2.24, 2.45) is 5.92 Å². The van der Waals surface area contributed by atoms with Gasteiger partial charge in [0.1, 0.15) is 5.82 Å². The van der Waals surface area contributed by atoms with Crippen LogP contribution in [-0.4, -0.2) is 48.0 Å². The molecule has 0 radical (unpaired) electrons. The van der Waals surface area contributed by atoms with Gasteiger partial charge in [-0.3, -0.25) is 14.6 Å². The molecule has 0 bridgehead atoms. The quantitative estimate of drug-likeness (QED) is 0.638. The zero-order chi connectivity index (χ0) is 19.8. The number of rotatable bonds is 7. The van der Waals surface area contributed by atoms with Gasteiger partial charge in [0.2, 0.25) is 5.91 Å². The van der Waals surface area contributed by atoms with E-state index in [2.05, 4.69) is 41.4 Å². The fraction of sp³-hybridized carbons (Fsp3) is 0.400. The topological polar surface area (TPSA) is 87.2 Å². The highest BCUT2D eigenvalue weighted by molar-refractivity contribution is 9.10. The predicted octanol–water partition coefficient (Wildman–Crippen LogP) is 2.39. The molecule has 3 rings (SSSR count). The fourth-order valence-corrected chi connectivity index (χ4v) is 3.60. The fourth-order valence-electron chi connectivity index (χ4n) is 3.20. The van der Waals surface area contributed by atoms with Crippen LogP contribution in [0.1, 0.15) is 29.6 Å². The highest BCUT2D eigenvalue weighted by atomic mass is 79.9. The molecule has 2 heterocycles. The van der Waals surface area contributed by atoms with Gasteiger partial charge in [-0.1, -0.05) is 22.0 Å². The zero-order valence-corrected chi connectivity index (χ0v) is 17.2. The number of nitrogens with one attached hydrogen (secondary N) is 2. The molecular weight excluding hydrogens is 422 g/mol. The third kappa shape index (κ3) is 5.76. The summed E-state index contributed by atoms with van der Waals surface area (Å²) in [7, 11) is 0. The number of carbonyl (C=O) groups excluding carboxylic acids is 2. The highest BCUT2D eigenvalue weighted by Crippen LogP contribution is 2.21. The summed E-state index contributed by atoms with van der Waals surface area (Å²) in [5.74, 6) is 0.882. The summed E-state index contributed by atoms with van der Waals surface area (Å²) in [6, 6.07) is 7.26. The van der Waals surface area contributed by atoms with Crippen molar-refractivity contribution in [3.63, 3.8) is 0 Å². The Hall–Kier alpha value is -2.48. The molecule has 2 amide bonds. The number of hydrogen-bond acceptors (Lipinski definition) is 5. The molecule has 8 heteroatoms. The van der Waals surface area contributed by atoms with Gasteiger partial charge in [0.15, 0.2) is 0 Å². The number of anilines is 1. The Morgan fingerprint density at radius 1 is 1.14 bits per heavy atom. The second-order valence-corrected chi connectivity index (χ2v) is 7.65. The van der Waals surface area contributed by atoms with E-state index in [9.17, 15) is 9.59 Å². The third-order valence-electron chi connectivity index (χ3n) is 4.76. The van der Waals surface area contributed by atoms with E-state index in [1.54, 1.807) is 30.7 Å². The SMILES string of the molecule is O=C(NCCCNC(=O)C1CCN(c2cnccn2)CC1)c1cccc(Br)c1. The minimum atomic E-state index is -0.107. The Morgan fingerprint density at radius 3 is 2.64 bits per heavy atom. The molecule has 2 N–H and O–H groups in total. The number of piperidine rings is 1. The molecule has 28 heavy (non-hydrogen) atoms. The van der Waals surface area contributed by atoms with Gasteiger partial charge in [-0.05, 0) is 37.5 Å². The molecule has 1 aliphatic rings. The van der Waals surface area contributed by atoms with Crippen molar-refractivity contribution in [2.75, 3.05) is 31.1 Å². The molecule has 1 fully saturated rings. The Kier molecular flexibility index (Phi) is 7.36. The third-order valence-corrected chi connectivity index (χ3v) is 5.26. The lowest BCUT2D eigenvalue weighted by molar-refractivity contribution is -0.125. The van der Waals surface area contributed by atoms with E-state index in [0.717, 1.165) is 36.2 Å². The molecule has 0 atom stereocenters. The van der Waals surface area contributed by atoms with E-state index in [1.807, 2.05) is 12.1 Å². The van der Waals surface area contributed by atoms with Crippen LogP contribution in [0.2, 0.25) is 0 Å². The van der Waals surface area contributed by atoms with E-state index in [-0.39, 0.29) is 17.7 Å². The standard InChI is InChI=1S/C20H24BrN5O2/c21-17-4-1-3-16(13-17)20(28)25-8-2-7-24-19(27)15-5-11-26(12-6-15)18-14-22-9-10-23-18/h1,3-4,9-10,13-15H,2,5-8,11-12H2,(H,24,27)(H,25,28). The number of benzene rings is 1. The predicted molar refractivity (Wildman–Crippen MR) is 111 cm³/mol. The lowest BCUT2D eigenvalue weighted by Crippen LogP contribution is -2.41. The van der Waals surface area contributed by atoms with Gasteiger partial charge in [-0.25, -0.2) is 4.98 Å². The van der Waals surface area contributed by atoms with Crippen LogP contribution >= 0.6 is 15.9 Å². The molecule has 1 saturated heterocycles. The van der Waals surface area contributed by atoms with Gasteiger partial charge in [-0.2, -0.15) is 0 Å². The number of amides is 2. The summed E-state index contributed by atoms with van der Waals surface area (Å²) >= 11 is 3.36. The molecule has 148 valence electrons. The van der Waals surface area contributed by atoms with Gasteiger partial charge in [-0.15, -0.1) is 0 Å². The molecule has 0 unspecified atom stereocenters. The monoisotopic (exact) mass is 445 g/mol. The van der Waals surface area contributed by atoms with Crippen LogP contribution in [0.4, 0.5) is 5.82 Å². The second-order valence-electron chi connectivity index (χ2n) is 6.74. The molecule has 1 aromatic carbocycles. The molecule has 1 aliphatic heterocycles. The minimum absolute atomic E-state index is 0.0316. The van der Waals surface area contributed by atoms with Crippen molar-refractivity contribution in [3.8, 4) is 0 Å². The van der Waals surface area contributed by atoms with E-state index in [4.69, 9.17) is 0 Å². The van der Waals surface area contributed by atoms with Crippen molar-refractivity contribution < 1.29 is 9.59 Å². The van der Waals surface area contributed by atoms with E-state index < -0.39 is 0 Å². The minimum Gasteiger partial charge on any atom is -0.356 e. The van der Waals surface area contributed by atoms with Crippen LogP contribution < -0.4 is 15.5 Å². The van der Waals surface area contributed by atoms with Crippen LogP contribution in [0.5, 0.6) is 0 Å². The summed E-state index contributed by atoms with van der Waals surface area (Å²) in [6.45, 7) is 2.69. The Morgan fingerprint density at radius 2 is 1.93 bits per heavy atom. The Labute approximate surface area is 173 Å². The smallest absolute Gasteiger partial charge is 0.251 e. The van der Waals surface area contributed by atoms with E-state index >= 15 is 0 Å². The summed E-state index contributed by atoms with van der Waals surface area (Å²) < 4.78 is 0.873. The van der Waals surface area contributed by atoms with Gasteiger partial charge in [0, 0.05) is 54.5 Å². The first-order valence-corrected chi connectivity index (χ1v) is 10.3. The summed E-state index contributed by atoms with van der Waals surface area (Å²) in [5.41, 5.74) is 0.619. The van der Waals surface area contributed by atoms with Crippen LogP contribution in [0.25, 0.3) is 0 Å². The maximum atomic E-state index is 12.3. The Bertz CT molecular complexity index is 794. The van der Waals surface area contributed by atoms with E-state index in [0.29, 0.717) is 25.1 Å². The first-order chi connectivity index (χ1) is 13.6. The number of halogens is 1. The molecule has 1 aromatic heterocycles. The van der Waals surface area contributed by atoms with Gasteiger partial charge in [0.05, 0.1) is 6.20 Å². The van der Waals surface area contributed by atoms with Gasteiger partial charge < -0.3 is 15.5 Å². The van der Waals surface area contributed by atoms with Crippen LogP contribution in [0.15, 0.2) is 47.3 Å². The number of nitrogens with zero attached hydrogens (tertiary/aromatic N) is 3. The number of aromatic nitrogens is 2. The average Bonchev–Trinajstić information content (AvgIpc) is 2.74. The normalized spacial score (nSPS) is 14.5. The lowest BCUT2D eigenvalue weighted by Gasteiger charge is -2.31. The highest BCUT2D eigenvalue weighted by Gasteiger charge is 2.25. The first-order valence-electron chi connectivity index (χ1n) is 9.46. The average molecular weight is 446 g/mol. The van der Waals surface area contributed by atoms with Crippen molar-refractivity contribution >= 4 is 33.6 Å². The van der Waals surface area contributed by atoms with Crippen molar-refractivity contribution in [3.05, 3.63) is 52.9 Å². The summed E-state index contributed by atoms with van der Waals surface area (Å²) in [4.78, 5) is 35.0. The maximum absolute atomic E-state index is 12.3. The largest absolute Gasteiger partial charge is 0.356 e. The molecule has 0 saturated carbocycles. The molecule has 7 nitrogen and oxygen atoms in total. The van der Waals surface area contributed by atoms with E-state index in [1.165, 1.54) is 0 Å². The second kappa shape index (κ2) is 10.2. The molecule has 0 aliphatic carbocycles. The Balaban J connectivity index is 1.31. The molecule has 2 aromatic rings. The first kappa shape index (κ1) is 20.3. The lowest BCUT2D eigenvalue weighted by atomic mass is 9.96. The molecule has 0 spiro atoms. The summed E-state index contributed by atoms with van der Waals surface area (Å²) in [5, 5.41) is 5.86. The van der Waals surface area contributed by atoms with Crippen LogP contribution in [-0.2, 0) is 4.79 Å².